The molecule has 0 bridgehead atoms. The summed E-state index contributed by atoms with van der Waals surface area (Å²) >= 11 is 3.33. The molecule has 0 saturated carbocycles. The van der Waals surface area contributed by atoms with Gasteiger partial charge in [0.05, 0.1) is 12.1 Å². The van der Waals surface area contributed by atoms with Crippen LogP contribution in [0, 0.1) is 0 Å². The quantitative estimate of drug-likeness (QED) is 0.675. The van der Waals surface area contributed by atoms with Crippen LogP contribution < -0.4 is 10.2 Å². The lowest BCUT2D eigenvalue weighted by Crippen LogP contribution is -2.49. The Kier molecular flexibility index (Phi) is 5.92. The standard InChI is InChI=1S/C21H22N4O2S2/c1-15(26)22-18-4-2-16(3-5-18)12-20(27)24-7-9-25(10-8-24)21-23-19(14-29-21)17-6-11-28-13-17/h2-6,11,13-14H,7-10,12H2,1H3,(H,22,26). The minimum atomic E-state index is -0.102. The molecule has 0 atom stereocenters. The number of anilines is 2. The maximum Gasteiger partial charge on any atom is 0.227 e. The zero-order chi connectivity index (χ0) is 20.2. The number of rotatable bonds is 5. The van der Waals surface area contributed by atoms with E-state index >= 15 is 0 Å². The van der Waals surface area contributed by atoms with E-state index in [2.05, 4.69) is 32.4 Å². The first-order chi connectivity index (χ1) is 14.1. The molecule has 150 valence electrons. The molecule has 8 heteroatoms. The largest absolute Gasteiger partial charge is 0.345 e. The fourth-order valence-electron chi connectivity index (χ4n) is 3.30. The second-order valence-corrected chi connectivity index (χ2v) is 8.57. The van der Waals surface area contributed by atoms with Crippen LogP contribution in [-0.4, -0.2) is 47.9 Å². The van der Waals surface area contributed by atoms with Crippen LogP contribution in [0.25, 0.3) is 11.3 Å². The number of hydrogen-bond donors (Lipinski definition) is 1. The van der Waals surface area contributed by atoms with E-state index in [1.807, 2.05) is 29.2 Å². The minimum Gasteiger partial charge on any atom is -0.345 e. The van der Waals surface area contributed by atoms with Crippen molar-refractivity contribution in [3.8, 4) is 11.3 Å². The lowest BCUT2D eigenvalue weighted by molar-refractivity contribution is -0.130. The van der Waals surface area contributed by atoms with Crippen molar-refractivity contribution in [2.24, 2.45) is 0 Å². The second-order valence-electron chi connectivity index (χ2n) is 6.95. The van der Waals surface area contributed by atoms with Crippen LogP contribution in [0.15, 0.2) is 46.5 Å². The molecule has 2 amide bonds. The fourth-order valence-corrected chi connectivity index (χ4v) is 4.83. The zero-order valence-corrected chi connectivity index (χ0v) is 17.8. The van der Waals surface area contributed by atoms with Crippen LogP contribution in [0.4, 0.5) is 10.8 Å². The van der Waals surface area contributed by atoms with Gasteiger partial charge < -0.3 is 15.1 Å². The summed E-state index contributed by atoms with van der Waals surface area (Å²) in [6, 6.07) is 9.52. The molecule has 1 fully saturated rings. The summed E-state index contributed by atoms with van der Waals surface area (Å²) in [7, 11) is 0. The van der Waals surface area contributed by atoms with Crippen molar-refractivity contribution in [2.75, 3.05) is 36.4 Å². The Bertz CT molecular complexity index is 975. The van der Waals surface area contributed by atoms with Crippen LogP contribution in [-0.2, 0) is 16.0 Å². The molecule has 6 nitrogen and oxygen atoms in total. The van der Waals surface area contributed by atoms with Gasteiger partial charge in [0, 0.05) is 55.1 Å². The SMILES string of the molecule is CC(=O)Nc1ccc(CC(=O)N2CCN(c3nc(-c4ccsc4)cs3)CC2)cc1. The molecule has 2 aromatic heterocycles. The molecule has 3 aromatic rings. The summed E-state index contributed by atoms with van der Waals surface area (Å²) in [6.45, 7) is 4.48. The summed E-state index contributed by atoms with van der Waals surface area (Å²) in [5.74, 6) is 0.0318. The first-order valence-corrected chi connectivity index (χ1v) is 11.3. The van der Waals surface area contributed by atoms with Gasteiger partial charge in [-0.05, 0) is 29.1 Å². The molecular weight excluding hydrogens is 404 g/mol. The third-order valence-corrected chi connectivity index (χ3v) is 6.43. The number of hydrogen-bond acceptors (Lipinski definition) is 6. The summed E-state index contributed by atoms with van der Waals surface area (Å²) < 4.78 is 0. The molecule has 4 rings (SSSR count). The van der Waals surface area contributed by atoms with E-state index in [9.17, 15) is 9.59 Å². The van der Waals surface area contributed by atoms with Gasteiger partial charge in [-0.1, -0.05) is 12.1 Å². The van der Waals surface area contributed by atoms with Gasteiger partial charge in [0.1, 0.15) is 0 Å². The number of thiophene rings is 1. The second kappa shape index (κ2) is 8.75. The number of carbonyl (C=O) groups is 2. The highest BCUT2D eigenvalue weighted by Gasteiger charge is 2.23. The van der Waals surface area contributed by atoms with Gasteiger partial charge in [0.25, 0.3) is 0 Å². The Morgan fingerprint density at radius 1 is 1.07 bits per heavy atom. The maximum atomic E-state index is 12.7. The number of nitrogens with one attached hydrogen (secondary N) is 1. The zero-order valence-electron chi connectivity index (χ0n) is 16.1. The third-order valence-electron chi connectivity index (χ3n) is 4.84. The average molecular weight is 427 g/mol. The predicted molar refractivity (Wildman–Crippen MR) is 119 cm³/mol. The van der Waals surface area contributed by atoms with E-state index in [0.29, 0.717) is 19.5 Å². The van der Waals surface area contributed by atoms with Gasteiger partial charge in [0.2, 0.25) is 11.8 Å². The number of carbonyl (C=O) groups excluding carboxylic acids is 2. The topological polar surface area (TPSA) is 65.5 Å². The van der Waals surface area contributed by atoms with Gasteiger partial charge in [-0.15, -0.1) is 11.3 Å². The molecule has 1 aliphatic heterocycles. The van der Waals surface area contributed by atoms with Crippen molar-refractivity contribution in [3.05, 3.63) is 52.0 Å². The number of aromatic nitrogens is 1. The molecule has 1 N–H and O–H groups in total. The predicted octanol–water partition coefficient (Wildman–Crippen LogP) is 3.72. The van der Waals surface area contributed by atoms with Gasteiger partial charge >= 0.3 is 0 Å². The van der Waals surface area contributed by atoms with Crippen molar-refractivity contribution in [1.29, 1.82) is 0 Å². The molecule has 0 aliphatic carbocycles. The van der Waals surface area contributed by atoms with Crippen molar-refractivity contribution >= 4 is 45.3 Å². The number of thiazole rings is 1. The Labute approximate surface area is 177 Å². The smallest absolute Gasteiger partial charge is 0.227 e. The van der Waals surface area contributed by atoms with Crippen LogP contribution in [0.5, 0.6) is 0 Å². The fraction of sp³-hybridized carbons (Fsp3) is 0.286. The van der Waals surface area contributed by atoms with Crippen molar-refractivity contribution < 1.29 is 9.59 Å². The van der Waals surface area contributed by atoms with Gasteiger partial charge in [-0.25, -0.2) is 4.98 Å². The van der Waals surface area contributed by atoms with Gasteiger partial charge in [-0.3, -0.25) is 9.59 Å². The van der Waals surface area contributed by atoms with Crippen LogP contribution in [0.3, 0.4) is 0 Å². The number of amides is 2. The van der Waals surface area contributed by atoms with Crippen molar-refractivity contribution in [2.45, 2.75) is 13.3 Å². The highest BCUT2D eigenvalue weighted by Crippen LogP contribution is 2.29. The summed E-state index contributed by atoms with van der Waals surface area (Å²) in [4.78, 5) is 32.7. The molecule has 3 heterocycles. The van der Waals surface area contributed by atoms with Crippen molar-refractivity contribution in [1.82, 2.24) is 9.88 Å². The summed E-state index contributed by atoms with van der Waals surface area (Å²) in [5, 5.41) is 10.0. The van der Waals surface area contributed by atoms with Gasteiger partial charge in [-0.2, -0.15) is 11.3 Å². The molecule has 0 radical (unpaired) electrons. The molecule has 1 aliphatic rings. The Morgan fingerprint density at radius 2 is 1.83 bits per heavy atom. The summed E-state index contributed by atoms with van der Waals surface area (Å²) in [6.07, 6.45) is 0.375. The molecule has 29 heavy (non-hydrogen) atoms. The molecule has 0 spiro atoms. The van der Waals surface area contributed by atoms with E-state index in [1.165, 1.54) is 6.92 Å². The third kappa shape index (κ3) is 4.83. The Balaban J connectivity index is 1.30. The highest BCUT2D eigenvalue weighted by molar-refractivity contribution is 7.14. The maximum absolute atomic E-state index is 12.7. The monoisotopic (exact) mass is 426 g/mol. The first kappa shape index (κ1) is 19.6. The molecule has 1 saturated heterocycles. The number of nitrogens with zero attached hydrogens (tertiary/aromatic N) is 3. The Hall–Kier alpha value is -2.71. The van der Waals surface area contributed by atoms with E-state index < -0.39 is 0 Å². The minimum absolute atomic E-state index is 0.102. The van der Waals surface area contributed by atoms with Crippen LogP contribution in [0.2, 0.25) is 0 Å². The summed E-state index contributed by atoms with van der Waals surface area (Å²) in [5.41, 5.74) is 3.88. The number of benzene rings is 1. The van der Waals surface area contributed by atoms with E-state index in [4.69, 9.17) is 4.98 Å². The lowest BCUT2D eigenvalue weighted by atomic mass is 10.1. The van der Waals surface area contributed by atoms with Crippen LogP contribution >= 0.6 is 22.7 Å². The van der Waals surface area contributed by atoms with E-state index in [-0.39, 0.29) is 11.8 Å². The van der Waals surface area contributed by atoms with E-state index in [0.717, 1.165) is 40.7 Å². The molecular formula is C21H22N4O2S2. The number of piperazine rings is 1. The first-order valence-electron chi connectivity index (χ1n) is 9.46. The molecule has 0 unspecified atom stereocenters. The van der Waals surface area contributed by atoms with Crippen LogP contribution in [0.1, 0.15) is 12.5 Å². The molecule has 1 aromatic carbocycles. The van der Waals surface area contributed by atoms with Crippen molar-refractivity contribution in [3.63, 3.8) is 0 Å². The highest BCUT2D eigenvalue weighted by atomic mass is 32.1. The normalized spacial score (nSPS) is 14.1. The van der Waals surface area contributed by atoms with E-state index in [1.54, 1.807) is 22.7 Å². The lowest BCUT2D eigenvalue weighted by Gasteiger charge is -2.34. The Morgan fingerprint density at radius 3 is 2.48 bits per heavy atom. The van der Waals surface area contributed by atoms with Gasteiger partial charge in [0.15, 0.2) is 5.13 Å². The average Bonchev–Trinajstić information content (AvgIpc) is 3.41.